The molecule has 0 saturated carbocycles. The van der Waals surface area contributed by atoms with Crippen LogP contribution in [-0.4, -0.2) is 67.8 Å². The van der Waals surface area contributed by atoms with Gasteiger partial charge in [-0.2, -0.15) is 0 Å². The first-order valence-corrected chi connectivity index (χ1v) is 12.0. The number of aromatic carboxylic acids is 1. The Kier molecular flexibility index (Phi) is 12.1. The van der Waals surface area contributed by atoms with Gasteiger partial charge in [0.1, 0.15) is 13.2 Å². The number of halogens is 3. The molecule has 1 unspecified atom stereocenters. The third-order valence-electron chi connectivity index (χ3n) is 3.59. The maximum absolute atomic E-state index is 13.0. The number of ether oxygens (including phenoxy) is 3. The molecule has 0 saturated heterocycles. The van der Waals surface area contributed by atoms with Crippen molar-refractivity contribution in [1.29, 1.82) is 0 Å². The molecule has 1 aromatic rings. The Labute approximate surface area is 224 Å². The molecule has 0 aromatic heterocycles. The van der Waals surface area contributed by atoms with Gasteiger partial charge in [-0.1, -0.05) is 0 Å². The van der Waals surface area contributed by atoms with Crippen LogP contribution in [0.25, 0.3) is 0 Å². The Balaban J connectivity index is 3.30. The average Bonchev–Trinajstić information content (AvgIpc) is 2.66. The molecular formula is C18H19I3N2O9. The zero-order chi connectivity index (χ0) is 24.6. The van der Waals surface area contributed by atoms with E-state index in [4.69, 9.17) is 14.2 Å². The third kappa shape index (κ3) is 8.25. The van der Waals surface area contributed by atoms with Gasteiger partial charge in [-0.25, -0.2) is 4.79 Å². The Bertz CT molecular complexity index is 937. The number of rotatable bonds is 10. The maximum atomic E-state index is 13.0. The molecule has 0 radical (unpaired) electrons. The molecule has 0 aliphatic rings. The number of carbonyl (C=O) groups is 5. The van der Waals surface area contributed by atoms with Crippen LogP contribution in [0.4, 0.5) is 5.69 Å². The summed E-state index contributed by atoms with van der Waals surface area (Å²) in [7, 11) is 1.33. The maximum Gasteiger partial charge on any atom is 0.337 e. The summed E-state index contributed by atoms with van der Waals surface area (Å²) >= 11 is 5.37. The minimum absolute atomic E-state index is 0.0193. The van der Waals surface area contributed by atoms with Crippen LogP contribution in [0.1, 0.15) is 34.6 Å². The van der Waals surface area contributed by atoms with Gasteiger partial charge in [-0.3, -0.25) is 19.2 Å². The minimum Gasteiger partial charge on any atom is -0.478 e. The summed E-state index contributed by atoms with van der Waals surface area (Å²) in [5.74, 6) is -3.69. The second-order valence-corrected chi connectivity index (χ2v) is 9.33. The summed E-state index contributed by atoms with van der Waals surface area (Å²) in [6, 6.07) is 0. The van der Waals surface area contributed by atoms with Gasteiger partial charge in [0.2, 0.25) is 5.91 Å². The molecule has 0 bridgehead atoms. The highest BCUT2D eigenvalue weighted by molar-refractivity contribution is 14.1. The summed E-state index contributed by atoms with van der Waals surface area (Å²) in [4.78, 5) is 59.2. The Hall–Kier alpha value is -1.28. The molecule has 0 aliphatic carbocycles. The summed E-state index contributed by atoms with van der Waals surface area (Å²) in [6.07, 6.45) is -0.945. The average molecular weight is 788 g/mol. The Morgan fingerprint density at radius 3 is 2.06 bits per heavy atom. The lowest BCUT2D eigenvalue weighted by molar-refractivity contribution is -0.155. The van der Waals surface area contributed by atoms with E-state index in [2.05, 4.69) is 10.6 Å². The van der Waals surface area contributed by atoms with E-state index in [-0.39, 0.29) is 43.7 Å². The molecule has 2 amide bonds. The number of hydrogen-bond donors (Lipinski definition) is 3. The monoisotopic (exact) mass is 788 g/mol. The van der Waals surface area contributed by atoms with E-state index in [0.29, 0.717) is 3.57 Å². The standard InChI is InChI=1S/C18H19I3N2O9/c1-7(24)31-5-9(32-8(2)25)4-22-17(27)11-13(19)12(18(28)29)15(21)16(14(11)20)23-10(26)6-30-3/h9H,4-6H2,1-3H3,(H,22,27)(H,23,26)(H,28,29). The van der Waals surface area contributed by atoms with Gasteiger partial charge in [0.25, 0.3) is 5.91 Å². The van der Waals surface area contributed by atoms with Crippen molar-refractivity contribution in [2.75, 3.05) is 32.2 Å². The molecule has 0 heterocycles. The molecule has 1 atom stereocenters. The number of anilines is 1. The minimum atomic E-state index is -1.28. The molecular weight excluding hydrogens is 769 g/mol. The van der Waals surface area contributed by atoms with Gasteiger partial charge >= 0.3 is 17.9 Å². The Morgan fingerprint density at radius 1 is 0.969 bits per heavy atom. The van der Waals surface area contributed by atoms with Crippen molar-refractivity contribution < 1.29 is 43.3 Å². The van der Waals surface area contributed by atoms with Crippen molar-refractivity contribution in [2.24, 2.45) is 0 Å². The molecule has 1 aromatic carbocycles. The SMILES string of the molecule is COCC(=O)Nc1c(I)c(C(=O)O)c(I)c(C(=O)NCC(COC(C)=O)OC(C)=O)c1I. The van der Waals surface area contributed by atoms with E-state index in [1.54, 1.807) is 45.2 Å². The summed E-state index contributed by atoms with van der Waals surface area (Å²) < 4.78 is 15.4. The number of esters is 2. The molecule has 1 rings (SSSR count). The van der Waals surface area contributed by atoms with E-state index >= 15 is 0 Å². The van der Waals surface area contributed by atoms with E-state index in [1.807, 2.05) is 22.6 Å². The predicted octanol–water partition coefficient (Wildman–Crippen LogP) is 2.01. The molecule has 0 aliphatic heterocycles. The molecule has 3 N–H and O–H groups in total. The van der Waals surface area contributed by atoms with Crippen LogP contribution in [0.15, 0.2) is 0 Å². The van der Waals surface area contributed by atoms with Crippen LogP contribution in [0.2, 0.25) is 0 Å². The van der Waals surface area contributed by atoms with Crippen LogP contribution < -0.4 is 10.6 Å². The number of benzene rings is 1. The van der Waals surface area contributed by atoms with Gasteiger partial charge < -0.3 is 30.0 Å². The first-order chi connectivity index (χ1) is 14.9. The number of carbonyl (C=O) groups excluding carboxylic acids is 4. The normalized spacial score (nSPS) is 11.3. The van der Waals surface area contributed by atoms with Crippen molar-refractivity contribution in [3.8, 4) is 0 Å². The van der Waals surface area contributed by atoms with E-state index < -0.39 is 35.8 Å². The van der Waals surface area contributed by atoms with Crippen molar-refractivity contribution >= 4 is 103 Å². The molecule has 14 heteroatoms. The first kappa shape index (κ1) is 28.8. The lowest BCUT2D eigenvalue weighted by Gasteiger charge is -2.20. The van der Waals surface area contributed by atoms with Crippen LogP contribution in [0, 0.1) is 10.7 Å². The second kappa shape index (κ2) is 13.4. The quantitative estimate of drug-likeness (QED) is 0.239. The number of amides is 2. The van der Waals surface area contributed by atoms with Crippen LogP contribution in [-0.2, 0) is 28.6 Å². The molecule has 176 valence electrons. The number of hydrogen-bond acceptors (Lipinski definition) is 8. The highest BCUT2D eigenvalue weighted by atomic mass is 127. The number of carboxylic acid groups (broad SMARTS) is 1. The van der Waals surface area contributed by atoms with E-state index in [0.717, 1.165) is 0 Å². The van der Waals surface area contributed by atoms with Crippen molar-refractivity contribution in [3.05, 3.63) is 21.8 Å². The largest absolute Gasteiger partial charge is 0.478 e. The number of nitrogens with one attached hydrogen (secondary N) is 2. The van der Waals surface area contributed by atoms with Gasteiger partial charge in [0.15, 0.2) is 6.10 Å². The fraction of sp³-hybridized carbons (Fsp3) is 0.389. The van der Waals surface area contributed by atoms with Crippen molar-refractivity contribution in [1.82, 2.24) is 5.32 Å². The van der Waals surface area contributed by atoms with Gasteiger partial charge in [-0.05, 0) is 67.8 Å². The number of carboxylic acids is 1. The molecule has 0 spiro atoms. The van der Waals surface area contributed by atoms with Crippen LogP contribution in [0.5, 0.6) is 0 Å². The van der Waals surface area contributed by atoms with Gasteiger partial charge in [0.05, 0.1) is 30.5 Å². The highest BCUT2D eigenvalue weighted by Gasteiger charge is 2.29. The smallest absolute Gasteiger partial charge is 0.337 e. The van der Waals surface area contributed by atoms with E-state index in [9.17, 15) is 29.1 Å². The first-order valence-electron chi connectivity index (χ1n) is 8.71. The fourth-order valence-corrected chi connectivity index (χ4v) is 6.73. The zero-order valence-electron chi connectivity index (χ0n) is 17.0. The third-order valence-corrected chi connectivity index (χ3v) is 6.83. The van der Waals surface area contributed by atoms with E-state index in [1.165, 1.54) is 21.0 Å². The van der Waals surface area contributed by atoms with Crippen LogP contribution >= 0.6 is 67.8 Å². The molecule has 32 heavy (non-hydrogen) atoms. The lowest BCUT2D eigenvalue weighted by atomic mass is 10.1. The molecule has 11 nitrogen and oxygen atoms in total. The lowest BCUT2D eigenvalue weighted by Crippen LogP contribution is -2.38. The summed E-state index contributed by atoms with van der Waals surface area (Å²) in [6.45, 7) is 1.63. The fourth-order valence-electron chi connectivity index (χ4n) is 2.34. The van der Waals surface area contributed by atoms with Gasteiger partial charge in [-0.15, -0.1) is 0 Å². The molecule has 0 fully saturated rings. The Morgan fingerprint density at radius 2 is 1.56 bits per heavy atom. The van der Waals surface area contributed by atoms with Crippen molar-refractivity contribution in [2.45, 2.75) is 20.0 Å². The summed E-state index contributed by atoms with van der Waals surface area (Å²) in [5, 5.41) is 14.8. The number of methoxy groups -OCH3 is 1. The summed E-state index contributed by atoms with van der Waals surface area (Å²) in [5.41, 5.74) is 0.0272. The van der Waals surface area contributed by atoms with Crippen molar-refractivity contribution in [3.63, 3.8) is 0 Å². The van der Waals surface area contributed by atoms with Gasteiger partial charge in [0, 0.05) is 24.5 Å². The van der Waals surface area contributed by atoms with Crippen LogP contribution in [0.3, 0.4) is 0 Å². The second-order valence-electron chi connectivity index (χ2n) is 6.10. The predicted molar refractivity (Wildman–Crippen MR) is 137 cm³/mol. The topological polar surface area (TPSA) is 157 Å². The highest BCUT2D eigenvalue weighted by Crippen LogP contribution is 2.35. The zero-order valence-corrected chi connectivity index (χ0v) is 23.5.